The van der Waals surface area contributed by atoms with Crippen LogP contribution in [0.4, 0.5) is 0 Å². The molecule has 0 aromatic carbocycles. The predicted octanol–water partition coefficient (Wildman–Crippen LogP) is 3.25. The Morgan fingerprint density at radius 1 is 1.64 bits per heavy atom. The van der Waals surface area contributed by atoms with Crippen LogP contribution in [0.5, 0.6) is 0 Å². The molecule has 0 saturated heterocycles. The Bertz CT molecular complexity index is 294. The monoisotopic (exact) mass is 234 g/mol. The van der Waals surface area contributed by atoms with Gasteiger partial charge in [-0.1, -0.05) is 18.5 Å². The fourth-order valence-corrected chi connectivity index (χ4v) is 2.41. The Morgan fingerprint density at radius 3 is 2.64 bits per heavy atom. The number of rotatable bonds is 4. The molecule has 0 radical (unpaired) electrons. The van der Waals surface area contributed by atoms with E-state index in [1.807, 2.05) is 19.9 Å². The van der Waals surface area contributed by atoms with Crippen molar-refractivity contribution in [3.05, 3.63) is 21.3 Å². The number of halogens is 1. The summed E-state index contributed by atoms with van der Waals surface area (Å²) in [5.74, 6) is 0. The van der Waals surface area contributed by atoms with Crippen molar-refractivity contribution < 1.29 is 9.84 Å². The van der Waals surface area contributed by atoms with E-state index in [0.29, 0.717) is 4.34 Å². The summed E-state index contributed by atoms with van der Waals surface area (Å²) in [5.41, 5.74) is -0.534. The van der Waals surface area contributed by atoms with Crippen LogP contribution in [0, 0.1) is 0 Å². The van der Waals surface area contributed by atoms with Gasteiger partial charge in [-0.3, -0.25) is 0 Å². The molecule has 2 atom stereocenters. The van der Waals surface area contributed by atoms with Gasteiger partial charge >= 0.3 is 0 Å². The highest BCUT2D eigenvalue weighted by atomic mass is 35.5. The van der Waals surface area contributed by atoms with Crippen molar-refractivity contribution in [1.29, 1.82) is 0 Å². The van der Waals surface area contributed by atoms with E-state index in [1.165, 1.54) is 11.3 Å². The molecular weight excluding hydrogens is 220 g/mol. The summed E-state index contributed by atoms with van der Waals surface area (Å²) in [6.07, 6.45) is 0.134. The third kappa shape index (κ3) is 2.28. The van der Waals surface area contributed by atoms with Crippen LogP contribution in [-0.4, -0.2) is 17.8 Å². The van der Waals surface area contributed by atoms with Crippen LogP contribution in [0.25, 0.3) is 0 Å². The van der Waals surface area contributed by atoms with Gasteiger partial charge in [-0.2, -0.15) is 0 Å². The largest absolute Gasteiger partial charge is 0.385 e. The van der Waals surface area contributed by atoms with Crippen molar-refractivity contribution in [2.24, 2.45) is 0 Å². The van der Waals surface area contributed by atoms with Gasteiger partial charge in [-0.05, 0) is 25.5 Å². The molecule has 1 rings (SSSR count). The molecule has 14 heavy (non-hydrogen) atoms. The van der Waals surface area contributed by atoms with E-state index in [0.717, 1.165) is 11.3 Å². The summed E-state index contributed by atoms with van der Waals surface area (Å²) in [6.45, 7) is 3.88. The molecule has 2 nitrogen and oxygen atoms in total. The third-order valence-electron chi connectivity index (χ3n) is 2.61. The predicted molar refractivity (Wildman–Crippen MR) is 60.0 cm³/mol. The van der Waals surface area contributed by atoms with Crippen molar-refractivity contribution >= 4 is 22.9 Å². The lowest BCUT2D eigenvalue weighted by Crippen LogP contribution is -2.33. The smallest absolute Gasteiger partial charge is 0.117 e. The molecule has 0 bridgehead atoms. The lowest BCUT2D eigenvalue weighted by Gasteiger charge is -2.31. The summed E-state index contributed by atoms with van der Waals surface area (Å²) in [7, 11) is 1.61. The number of hydrogen-bond acceptors (Lipinski definition) is 3. The Morgan fingerprint density at radius 2 is 2.29 bits per heavy atom. The summed E-state index contributed by atoms with van der Waals surface area (Å²) < 4.78 is 6.01. The molecule has 0 aliphatic rings. The van der Waals surface area contributed by atoms with Gasteiger partial charge in [0.1, 0.15) is 6.10 Å². The molecule has 0 aliphatic heterocycles. The molecule has 2 unspecified atom stereocenters. The first-order chi connectivity index (χ1) is 6.53. The van der Waals surface area contributed by atoms with Gasteiger partial charge in [0.05, 0.1) is 9.94 Å². The second-order valence-electron chi connectivity index (χ2n) is 3.41. The van der Waals surface area contributed by atoms with Gasteiger partial charge in [0.2, 0.25) is 0 Å². The number of hydrogen-bond donors (Lipinski definition) is 1. The minimum absolute atomic E-state index is 0.534. The lowest BCUT2D eigenvalue weighted by atomic mass is 9.94. The minimum atomic E-state index is -0.616. The first-order valence-electron chi connectivity index (χ1n) is 4.52. The van der Waals surface area contributed by atoms with E-state index in [1.54, 1.807) is 13.2 Å². The molecule has 0 amide bonds. The van der Waals surface area contributed by atoms with Gasteiger partial charge < -0.3 is 9.84 Å². The zero-order valence-electron chi connectivity index (χ0n) is 8.58. The van der Waals surface area contributed by atoms with Gasteiger partial charge in [0, 0.05) is 12.0 Å². The highest BCUT2D eigenvalue weighted by Gasteiger charge is 2.33. The molecule has 0 aliphatic carbocycles. The van der Waals surface area contributed by atoms with E-state index < -0.39 is 11.7 Å². The molecule has 1 aromatic heterocycles. The topological polar surface area (TPSA) is 29.5 Å². The van der Waals surface area contributed by atoms with E-state index in [4.69, 9.17) is 16.3 Å². The molecule has 0 saturated carbocycles. The highest BCUT2D eigenvalue weighted by Crippen LogP contribution is 2.36. The molecule has 0 fully saturated rings. The average molecular weight is 235 g/mol. The Labute approximate surface area is 93.5 Å². The molecule has 1 N–H and O–H groups in total. The zero-order chi connectivity index (χ0) is 10.8. The van der Waals surface area contributed by atoms with E-state index in [2.05, 4.69) is 0 Å². The van der Waals surface area contributed by atoms with E-state index in [-0.39, 0.29) is 0 Å². The quantitative estimate of drug-likeness (QED) is 0.867. The maximum Gasteiger partial charge on any atom is 0.117 e. The highest BCUT2D eigenvalue weighted by molar-refractivity contribution is 7.16. The van der Waals surface area contributed by atoms with Gasteiger partial charge in [-0.15, -0.1) is 11.3 Å². The van der Waals surface area contributed by atoms with E-state index in [9.17, 15) is 5.11 Å². The second kappa shape index (κ2) is 4.62. The second-order valence-corrected chi connectivity index (χ2v) is 5.16. The standard InChI is InChI=1S/C10H15ClO2S/c1-4-10(2,13-3)9(12)7-5-6-8(11)14-7/h5-6,9,12H,4H2,1-3H3. The van der Waals surface area contributed by atoms with Crippen molar-refractivity contribution in [2.75, 3.05) is 7.11 Å². The molecule has 0 spiro atoms. The number of methoxy groups -OCH3 is 1. The van der Waals surface area contributed by atoms with Crippen LogP contribution >= 0.6 is 22.9 Å². The Hall–Kier alpha value is -0.0900. The number of aliphatic hydroxyl groups excluding tert-OH is 1. The minimum Gasteiger partial charge on any atom is -0.385 e. The normalized spacial score (nSPS) is 17.8. The molecular formula is C10H15ClO2S. The molecule has 1 aromatic rings. The van der Waals surface area contributed by atoms with E-state index >= 15 is 0 Å². The number of aliphatic hydroxyl groups is 1. The zero-order valence-corrected chi connectivity index (χ0v) is 10.2. The van der Waals surface area contributed by atoms with Crippen LogP contribution in [-0.2, 0) is 4.74 Å². The maximum atomic E-state index is 10.1. The summed E-state index contributed by atoms with van der Waals surface area (Å²) in [5, 5.41) is 10.1. The fourth-order valence-electron chi connectivity index (χ4n) is 1.23. The van der Waals surface area contributed by atoms with Gasteiger partial charge in [0.25, 0.3) is 0 Å². The van der Waals surface area contributed by atoms with Crippen molar-refractivity contribution in [2.45, 2.75) is 32.0 Å². The average Bonchev–Trinajstić information content (AvgIpc) is 2.62. The number of ether oxygens (including phenoxy) is 1. The van der Waals surface area contributed by atoms with Crippen LogP contribution in [0.2, 0.25) is 4.34 Å². The fraction of sp³-hybridized carbons (Fsp3) is 0.600. The molecule has 80 valence electrons. The first kappa shape index (κ1) is 12.0. The van der Waals surface area contributed by atoms with Gasteiger partial charge in [-0.25, -0.2) is 0 Å². The van der Waals surface area contributed by atoms with Gasteiger partial charge in [0.15, 0.2) is 0 Å². The van der Waals surface area contributed by atoms with Crippen molar-refractivity contribution in [1.82, 2.24) is 0 Å². The summed E-state index contributed by atoms with van der Waals surface area (Å²) in [6, 6.07) is 3.63. The van der Waals surface area contributed by atoms with Crippen molar-refractivity contribution in [3.8, 4) is 0 Å². The number of thiophene rings is 1. The lowest BCUT2D eigenvalue weighted by molar-refractivity contribution is -0.0929. The van der Waals surface area contributed by atoms with Crippen molar-refractivity contribution in [3.63, 3.8) is 0 Å². The molecule has 1 heterocycles. The SMILES string of the molecule is CCC(C)(OC)C(O)c1ccc(Cl)s1. The first-order valence-corrected chi connectivity index (χ1v) is 5.71. The maximum absolute atomic E-state index is 10.1. The van der Waals surface area contributed by atoms with Crippen LogP contribution in [0.1, 0.15) is 31.2 Å². The summed E-state index contributed by atoms with van der Waals surface area (Å²) >= 11 is 7.20. The summed E-state index contributed by atoms with van der Waals surface area (Å²) in [4.78, 5) is 0.848. The van der Waals surface area contributed by atoms with Crippen LogP contribution in [0.3, 0.4) is 0 Å². The Kier molecular flexibility index (Phi) is 3.95. The molecule has 4 heteroatoms. The third-order valence-corrected chi connectivity index (χ3v) is 3.89. The Balaban J connectivity index is 2.88. The van der Waals surface area contributed by atoms with Crippen LogP contribution in [0.15, 0.2) is 12.1 Å². The van der Waals surface area contributed by atoms with Crippen LogP contribution < -0.4 is 0 Å².